The normalized spacial score (nSPS) is 22.9. The van der Waals surface area contributed by atoms with Gasteiger partial charge >= 0.3 is 7.12 Å². The molecule has 1 amide bonds. The maximum Gasteiger partial charge on any atom is 0.494 e. The molecule has 0 spiro atoms. The Kier molecular flexibility index (Phi) is 9.16. The van der Waals surface area contributed by atoms with Gasteiger partial charge in [0.2, 0.25) is 5.12 Å². The van der Waals surface area contributed by atoms with E-state index in [4.69, 9.17) is 14.0 Å². The van der Waals surface area contributed by atoms with Crippen LogP contribution in [0.3, 0.4) is 0 Å². The van der Waals surface area contributed by atoms with Gasteiger partial charge in [0.25, 0.3) is 5.91 Å². The quantitative estimate of drug-likeness (QED) is 0.297. The van der Waals surface area contributed by atoms with Crippen molar-refractivity contribution in [3.8, 4) is 0 Å². The van der Waals surface area contributed by atoms with E-state index in [1.807, 2.05) is 58.9 Å². The smallest absolute Gasteiger partial charge is 0.486 e. The number of rotatable bonds is 12. The van der Waals surface area contributed by atoms with E-state index in [1.165, 1.54) is 43.5 Å². The van der Waals surface area contributed by atoms with Crippen LogP contribution in [0.1, 0.15) is 86.5 Å². The van der Waals surface area contributed by atoms with E-state index in [2.05, 4.69) is 12.2 Å². The van der Waals surface area contributed by atoms with Gasteiger partial charge in [-0.25, -0.2) is 0 Å². The summed E-state index contributed by atoms with van der Waals surface area (Å²) in [5, 5.41) is 2.85. The summed E-state index contributed by atoms with van der Waals surface area (Å²) in [6.45, 7) is 12.2. The molecule has 0 aromatic heterocycles. The number of anilines is 1. The number of nitrogens with one attached hydrogen (secondary N) is 1. The van der Waals surface area contributed by atoms with E-state index in [-0.39, 0.29) is 17.6 Å². The largest absolute Gasteiger partial charge is 0.494 e. The standard InChI is InChI=1S/C27H40BNO5S/c1-7-8-9-10-11-12-17-27(6)22(18-24(31)35-27)32-19-23(30)29-21-15-13-20(14-16-21)28-33-25(2,3)26(4,5)34-28/h13-16,18H,7-12,17,19H2,1-6H3,(H,29,30). The molecule has 3 rings (SSSR count). The van der Waals surface area contributed by atoms with Crippen molar-refractivity contribution >= 4 is 41.1 Å². The molecule has 2 aliphatic rings. The fourth-order valence-corrected chi connectivity index (χ4v) is 5.29. The van der Waals surface area contributed by atoms with Gasteiger partial charge in [0, 0.05) is 11.8 Å². The maximum atomic E-state index is 12.5. The van der Waals surface area contributed by atoms with Crippen LogP contribution in [-0.2, 0) is 23.6 Å². The van der Waals surface area contributed by atoms with Crippen LogP contribution < -0.4 is 10.8 Å². The molecular weight excluding hydrogens is 461 g/mol. The fourth-order valence-electron chi connectivity index (χ4n) is 4.22. The van der Waals surface area contributed by atoms with Gasteiger partial charge in [-0.15, -0.1) is 0 Å². The first-order valence-corrected chi connectivity index (χ1v) is 13.6. The van der Waals surface area contributed by atoms with E-state index in [9.17, 15) is 9.59 Å². The number of amides is 1. The zero-order chi connectivity index (χ0) is 25.7. The minimum absolute atomic E-state index is 0.00724. The molecule has 0 radical (unpaired) electrons. The first kappa shape index (κ1) is 27.8. The Morgan fingerprint density at radius 1 is 0.971 bits per heavy atom. The summed E-state index contributed by atoms with van der Waals surface area (Å²) < 4.78 is 17.6. The number of hydrogen-bond acceptors (Lipinski definition) is 6. The van der Waals surface area contributed by atoms with Gasteiger partial charge in [0.1, 0.15) is 5.76 Å². The molecule has 1 unspecified atom stereocenters. The van der Waals surface area contributed by atoms with Crippen molar-refractivity contribution in [1.82, 2.24) is 0 Å². The number of carbonyl (C=O) groups is 2. The number of unbranched alkanes of at least 4 members (excludes halogenated alkanes) is 5. The molecule has 0 aliphatic carbocycles. The molecule has 192 valence electrons. The Morgan fingerprint density at radius 2 is 1.57 bits per heavy atom. The van der Waals surface area contributed by atoms with Gasteiger partial charge in [-0.05, 0) is 58.6 Å². The second-order valence-electron chi connectivity index (χ2n) is 10.7. The lowest BCUT2D eigenvalue weighted by Gasteiger charge is -2.32. The third-order valence-corrected chi connectivity index (χ3v) is 8.36. The van der Waals surface area contributed by atoms with Crippen LogP contribution in [-0.4, -0.2) is 40.7 Å². The average Bonchev–Trinajstić information content (AvgIpc) is 3.19. The van der Waals surface area contributed by atoms with Crippen LogP contribution >= 0.6 is 11.8 Å². The molecule has 0 bridgehead atoms. The molecule has 6 nitrogen and oxygen atoms in total. The van der Waals surface area contributed by atoms with Crippen molar-refractivity contribution in [2.45, 2.75) is 102 Å². The number of carbonyl (C=O) groups excluding carboxylic acids is 2. The summed E-state index contributed by atoms with van der Waals surface area (Å²) in [4.78, 5) is 24.6. The molecule has 1 saturated heterocycles. The highest BCUT2D eigenvalue weighted by Crippen LogP contribution is 2.44. The second kappa shape index (κ2) is 11.5. The van der Waals surface area contributed by atoms with Gasteiger partial charge < -0.3 is 19.4 Å². The molecule has 1 fully saturated rings. The summed E-state index contributed by atoms with van der Waals surface area (Å²) in [6.07, 6.45) is 9.58. The first-order chi connectivity index (χ1) is 16.5. The average molecular weight is 501 g/mol. The van der Waals surface area contributed by atoms with Crippen LogP contribution in [0.5, 0.6) is 0 Å². The Labute approximate surface area is 215 Å². The Bertz CT molecular complexity index is 914. The molecule has 2 aliphatic heterocycles. The third kappa shape index (κ3) is 7.14. The van der Waals surface area contributed by atoms with Crippen molar-refractivity contribution < 1.29 is 23.6 Å². The number of benzene rings is 1. The summed E-state index contributed by atoms with van der Waals surface area (Å²) in [5.41, 5.74) is 0.759. The van der Waals surface area contributed by atoms with Gasteiger partial charge in [-0.1, -0.05) is 69.3 Å². The molecule has 1 aromatic carbocycles. The maximum absolute atomic E-state index is 12.5. The topological polar surface area (TPSA) is 73.9 Å². The number of thioether (sulfide) groups is 1. The van der Waals surface area contributed by atoms with Gasteiger partial charge in [0.15, 0.2) is 6.61 Å². The highest BCUT2D eigenvalue weighted by molar-refractivity contribution is 8.15. The molecule has 1 atom stereocenters. The lowest BCUT2D eigenvalue weighted by atomic mass is 9.79. The van der Waals surface area contributed by atoms with Crippen LogP contribution in [0.25, 0.3) is 0 Å². The molecule has 2 heterocycles. The molecular formula is C27H40BNO5S. The predicted octanol–water partition coefficient (Wildman–Crippen LogP) is 5.61. The monoisotopic (exact) mass is 501 g/mol. The minimum Gasteiger partial charge on any atom is -0.486 e. The second-order valence-corrected chi connectivity index (χ2v) is 12.2. The molecule has 1 aromatic rings. The zero-order valence-corrected chi connectivity index (χ0v) is 22.9. The Morgan fingerprint density at radius 3 is 2.20 bits per heavy atom. The van der Waals surface area contributed by atoms with E-state index in [1.54, 1.807) is 0 Å². The Hall–Kier alpha value is -1.77. The molecule has 0 saturated carbocycles. The third-order valence-electron chi connectivity index (χ3n) is 7.18. The lowest BCUT2D eigenvalue weighted by molar-refractivity contribution is -0.119. The van der Waals surface area contributed by atoms with Crippen LogP contribution in [0.2, 0.25) is 0 Å². The highest BCUT2D eigenvalue weighted by Gasteiger charge is 2.51. The molecule has 1 N–H and O–H groups in total. The van der Waals surface area contributed by atoms with E-state index < -0.39 is 23.1 Å². The van der Waals surface area contributed by atoms with Gasteiger partial charge in [-0.3, -0.25) is 9.59 Å². The molecule has 35 heavy (non-hydrogen) atoms. The summed E-state index contributed by atoms with van der Waals surface area (Å²) in [5.74, 6) is 0.341. The minimum atomic E-state index is -0.443. The summed E-state index contributed by atoms with van der Waals surface area (Å²) >= 11 is 1.30. The zero-order valence-electron chi connectivity index (χ0n) is 22.1. The van der Waals surface area contributed by atoms with Crippen LogP contribution in [0.15, 0.2) is 36.1 Å². The van der Waals surface area contributed by atoms with E-state index in [0.29, 0.717) is 11.4 Å². The lowest BCUT2D eigenvalue weighted by Crippen LogP contribution is -2.41. The van der Waals surface area contributed by atoms with Gasteiger partial charge in [-0.2, -0.15) is 0 Å². The van der Waals surface area contributed by atoms with Crippen molar-refractivity contribution in [1.29, 1.82) is 0 Å². The van der Waals surface area contributed by atoms with Crippen LogP contribution in [0.4, 0.5) is 5.69 Å². The first-order valence-electron chi connectivity index (χ1n) is 12.8. The van der Waals surface area contributed by atoms with Gasteiger partial charge in [0.05, 0.1) is 15.9 Å². The van der Waals surface area contributed by atoms with E-state index in [0.717, 1.165) is 24.7 Å². The summed E-state index contributed by atoms with van der Waals surface area (Å²) in [6, 6.07) is 7.44. The van der Waals surface area contributed by atoms with Crippen molar-refractivity contribution in [3.63, 3.8) is 0 Å². The SMILES string of the molecule is CCCCCCCCC1(C)SC(=O)C=C1OCC(=O)Nc1ccc(B2OC(C)(C)C(C)(C)O2)cc1. The van der Waals surface area contributed by atoms with E-state index >= 15 is 0 Å². The van der Waals surface area contributed by atoms with Crippen molar-refractivity contribution in [2.24, 2.45) is 0 Å². The highest BCUT2D eigenvalue weighted by atomic mass is 32.2. The van der Waals surface area contributed by atoms with Crippen molar-refractivity contribution in [2.75, 3.05) is 11.9 Å². The number of ether oxygens (including phenoxy) is 1. The summed E-state index contributed by atoms with van der Waals surface area (Å²) in [7, 11) is -0.443. The fraction of sp³-hybridized carbons (Fsp3) is 0.630. The Balaban J connectivity index is 1.48. The predicted molar refractivity (Wildman–Crippen MR) is 144 cm³/mol. The van der Waals surface area contributed by atoms with Crippen molar-refractivity contribution in [3.05, 3.63) is 36.1 Å². The number of hydrogen-bond donors (Lipinski definition) is 1. The molecule has 8 heteroatoms. The van der Waals surface area contributed by atoms with Crippen LogP contribution in [0, 0.1) is 0 Å².